The van der Waals surface area contributed by atoms with Crippen molar-refractivity contribution in [2.75, 3.05) is 27.8 Å². The fourth-order valence-corrected chi connectivity index (χ4v) is 3.80. The molecule has 1 aliphatic carbocycles. The van der Waals surface area contributed by atoms with Gasteiger partial charge in [-0.2, -0.15) is 0 Å². The Bertz CT molecular complexity index is 792. The number of benzene rings is 2. The van der Waals surface area contributed by atoms with Crippen molar-refractivity contribution in [2.24, 2.45) is 0 Å². The highest BCUT2D eigenvalue weighted by Gasteiger charge is 2.32. The molecule has 2 aromatic rings. The van der Waals surface area contributed by atoms with Crippen molar-refractivity contribution in [3.05, 3.63) is 53.6 Å². The predicted octanol–water partition coefficient (Wildman–Crippen LogP) is 3.54. The van der Waals surface area contributed by atoms with E-state index in [2.05, 4.69) is 10.6 Å². The molecule has 1 saturated carbocycles. The summed E-state index contributed by atoms with van der Waals surface area (Å²) in [6.45, 7) is 0.975. The van der Waals surface area contributed by atoms with Crippen LogP contribution in [-0.2, 0) is 6.61 Å². The van der Waals surface area contributed by atoms with Crippen LogP contribution < -0.4 is 24.8 Å². The number of hydrogen-bond donors (Lipinski definition) is 2. The average Bonchev–Trinajstić information content (AvgIpc) is 3.25. The maximum Gasteiger partial charge on any atom is 0.251 e. The molecule has 3 rings (SSSR count). The van der Waals surface area contributed by atoms with Gasteiger partial charge in [-0.15, -0.1) is 0 Å². The Morgan fingerprint density at radius 3 is 2.21 bits per heavy atom. The maximum atomic E-state index is 12.8. The van der Waals surface area contributed by atoms with Crippen molar-refractivity contribution in [1.82, 2.24) is 10.6 Å². The summed E-state index contributed by atoms with van der Waals surface area (Å²) in [5, 5.41) is 6.45. The second kappa shape index (κ2) is 9.65. The molecular weight excluding hydrogens is 368 g/mol. The first-order valence-electron chi connectivity index (χ1n) is 10.0. The van der Waals surface area contributed by atoms with E-state index in [9.17, 15) is 4.79 Å². The van der Waals surface area contributed by atoms with Crippen LogP contribution in [0.3, 0.4) is 0 Å². The molecule has 1 amide bonds. The Morgan fingerprint density at radius 2 is 1.66 bits per heavy atom. The molecule has 1 fully saturated rings. The third kappa shape index (κ3) is 5.01. The van der Waals surface area contributed by atoms with Gasteiger partial charge in [0.1, 0.15) is 6.61 Å². The summed E-state index contributed by atoms with van der Waals surface area (Å²) >= 11 is 0. The molecule has 0 radical (unpaired) electrons. The molecule has 6 nitrogen and oxygen atoms in total. The largest absolute Gasteiger partial charge is 0.493 e. The van der Waals surface area contributed by atoms with Gasteiger partial charge in [0, 0.05) is 17.6 Å². The van der Waals surface area contributed by atoms with Crippen molar-refractivity contribution in [1.29, 1.82) is 0 Å². The quantitative estimate of drug-likeness (QED) is 0.676. The molecule has 2 aromatic carbocycles. The normalized spacial score (nSPS) is 15.0. The highest BCUT2D eigenvalue weighted by molar-refractivity contribution is 5.95. The highest BCUT2D eigenvalue weighted by atomic mass is 16.5. The van der Waals surface area contributed by atoms with Gasteiger partial charge in [0.25, 0.3) is 5.91 Å². The standard InChI is InChI=1S/C23H30N2O4/c1-24-23(11-7-8-12-23)16-25-22(26)18-13-19(27-2)21(20(14-18)28-3)29-15-17-9-5-4-6-10-17/h4-6,9-10,13-14,24H,7-8,11-12,15-16H2,1-3H3,(H,25,26). The molecule has 2 N–H and O–H groups in total. The van der Waals surface area contributed by atoms with Gasteiger partial charge in [-0.1, -0.05) is 43.2 Å². The maximum absolute atomic E-state index is 12.8. The first-order chi connectivity index (χ1) is 14.1. The van der Waals surface area contributed by atoms with E-state index in [1.54, 1.807) is 26.4 Å². The number of hydrogen-bond acceptors (Lipinski definition) is 5. The van der Waals surface area contributed by atoms with Crippen molar-refractivity contribution in [3.8, 4) is 17.2 Å². The van der Waals surface area contributed by atoms with Gasteiger partial charge in [0.15, 0.2) is 11.5 Å². The summed E-state index contributed by atoms with van der Waals surface area (Å²) < 4.78 is 16.9. The minimum atomic E-state index is -0.155. The summed E-state index contributed by atoms with van der Waals surface area (Å²) in [5.74, 6) is 1.26. The molecule has 1 aliphatic rings. The van der Waals surface area contributed by atoms with E-state index >= 15 is 0 Å². The SMILES string of the molecule is CNC1(CNC(=O)c2cc(OC)c(OCc3ccccc3)c(OC)c2)CCCC1. The fourth-order valence-electron chi connectivity index (χ4n) is 3.80. The van der Waals surface area contributed by atoms with Gasteiger partial charge >= 0.3 is 0 Å². The molecule has 6 heteroatoms. The molecule has 0 atom stereocenters. The number of methoxy groups -OCH3 is 2. The van der Waals surface area contributed by atoms with Gasteiger partial charge < -0.3 is 24.8 Å². The molecule has 0 aliphatic heterocycles. The van der Waals surface area contributed by atoms with Crippen LogP contribution in [0, 0.1) is 0 Å². The van der Waals surface area contributed by atoms with Crippen LogP contribution in [-0.4, -0.2) is 39.3 Å². The predicted molar refractivity (Wildman–Crippen MR) is 113 cm³/mol. The molecule has 156 valence electrons. The first kappa shape index (κ1) is 21.0. The lowest BCUT2D eigenvalue weighted by Gasteiger charge is -2.28. The number of rotatable bonds is 9. The van der Waals surface area contributed by atoms with Crippen molar-refractivity contribution >= 4 is 5.91 Å². The number of carbonyl (C=O) groups excluding carboxylic acids is 1. The van der Waals surface area contributed by atoms with E-state index in [0.29, 0.717) is 36.0 Å². The summed E-state index contributed by atoms with van der Waals surface area (Å²) in [4.78, 5) is 12.8. The molecule has 29 heavy (non-hydrogen) atoms. The number of ether oxygens (including phenoxy) is 3. The molecule has 0 unspecified atom stereocenters. The highest BCUT2D eigenvalue weighted by Crippen LogP contribution is 2.39. The number of nitrogens with one attached hydrogen (secondary N) is 2. The van der Waals surface area contributed by atoms with Crippen molar-refractivity contribution in [3.63, 3.8) is 0 Å². The van der Waals surface area contributed by atoms with E-state index in [1.807, 2.05) is 37.4 Å². The fraction of sp³-hybridized carbons (Fsp3) is 0.435. The Kier molecular flexibility index (Phi) is 6.99. The first-order valence-corrected chi connectivity index (χ1v) is 10.0. The van der Waals surface area contributed by atoms with Crippen LogP contribution in [0.5, 0.6) is 17.2 Å². The topological polar surface area (TPSA) is 68.8 Å². The Balaban J connectivity index is 1.75. The van der Waals surface area contributed by atoms with Crippen LogP contribution in [0.2, 0.25) is 0 Å². The molecular formula is C23H30N2O4. The third-order valence-corrected chi connectivity index (χ3v) is 5.63. The van der Waals surface area contributed by atoms with E-state index in [1.165, 1.54) is 12.8 Å². The zero-order chi connectivity index (χ0) is 20.7. The lowest BCUT2D eigenvalue weighted by atomic mass is 9.98. The van der Waals surface area contributed by atoms with Crippen molar-refractivity contribution < 1.29 is 19.0 Å². The van der Waals surface area contributed by atoms with E-state index in [0.717, 1.165) is 18.4 Å². The molecule has 0 heterocycles. The second-order valence-corrected chi connectivity index (χ2v) is 7.40. The molecule has 0 spiro atoms. The summed E-state index contributed by atoms with van der Waals surface area (Å²) in [7, 11) is 5.07. The van der Waals surface area contributed by atoms with Gasteiger partial charge in [-0.05, 0) is 37.6 Å². The van der Waals surface area contributed by atoms with E-state index in [4.69, 9.17) is 14.2 Å². The Labute approximate surface area is 172 Å². The Morgan fingerprint density at radius 1 is 1.03 bits per heavy atom. The average molecular weight is 399 g/mol. The third-order valence-electron chi connectivity index (χ3n) is 5.63. The molecule has 0 saturated heterocycles. The van der Waals surface area contributed by atoms with Crippen molar-refractivity contribution in [2.45, 2.75) is 37.8 Å². The van der Waals surface area contributed by atoms with Gasteiger partial charge in [-0.3, -0.25) is 4.79 Å². The number of likely N-dealkylation sites (N-methyl/N-ethyl adjacent to an activating group) is 1. The zero-order valence-corrected chi connectivity index (χ0v) is 17.4. The van der Waals surface area contributed by atoms with Crippen LogP contribution >= 0.6 is 0 Å². The van der Waals surface area contributed by atoms with Crippen LogP contribution in [0.25, 0.3) is 0 Å². The smallest absolute Gasteiger partial charge is 0.251 e. The lowest BCUT2D eigenvalue weighted by Crippen LogP contribution is -2.50. The lowest BCUT2D eigenvalue weighted by molar-refractivity contribution is 0.0939. The Hall–Kier alpha value is -2.73. The van der Waals surface area contributed by atoms with Gasteiger partial charge in [0.05, 0.1) is 14.2 Å². The monoisotopic (exact) mass is 398 g/mol. The van der Waals surface area contributed by atoms with Gasteiger partial charge in [-0.25, -0.2) is 0 Å². The summed E-state index contributed by atoms with van der Waals surface area (Å²) in [5.41, 5.74) is 1.50. The summed E-state index contributed by atoms with van der Waals surface area (Å²) in [6.07, 6.45) is 4.52. The van der Waals surface area contributed by atoms with E-state index in [-0.39, 0.29) is 11.4 Å². The van der Waals surface area contributed by atoms with E-state index < -0.39 is 0 Å². The number of carbonyl (C=O) groups is 1. The summed E-state index contributed by atoms with van der Waals surface area (Å²) in [6, 6.07) is 13.2. The minimum Gasteiger partial charge on any atom is -0.493 e. The minimum absolute atomic E-state index is 0.0113. The number of amides is 1. The molecule has 0 aromatic heterocycles. The van der Waals surface area contributed by atoms with Crippen LogP contribution in [0.4, 0.5) is 0 Å². The second-order valence-electron chi connectivity index (χ2n) is 7.40. The van der Waals surface area contributed by atoms with Crippen LogP contribution in [0.15, 0.2) is 42.5 Å². The van der Waals surface area contributed by atoms with Crippen LogP contribution in [0.1, 0.15) is 41.6 Å². The zero-order valence-electron chi connectivity index (χ0n) is 17.4. The van der Waals surface area contributed by atoms with Gasteiger partial charge in [0.2, 0.25) is 5.75 Å². The molecule has 0 bridgehead atoms.